The molecule has 0 aliphatic carbocycles. The van der Waals surface area contributed by atoms with Crippen molar-refractivity contribution in [3.05, 3.63) is 34.9 Å². The summed E-state index contributed by atoms with van der Waals surface area (Å²) < 4.78 is 0. The van der Waals surface area contributed by atoms with Crippen LogP contribution in [0.2, 0.25) is 5.02 Å². The maximum Gasteiger partial charge on any atom is 0.0453 e. The van der Waals surface area contributed by atoms with E-state index in [2.05, 4.69) is 11.4 Å². The normalized spacial score (nSPS) is 21.2. The minimum atomic E-state index is 0. The second-order valence-electron chi connectivity index (χ2n) is 3.17. The van der Waals surface area contributed by atoms with Crippen LogP contribution in [0.1, 0.15) is 24.4 Å². The number of benzene rings is 1. The lowest BCUT2D eigenvalue weighted by atomic mass is 10.1. The predicted octanol–water partition coefficient (Wildman–Crippen LogP) is 3.19. The fourth-order valence-electron chi connectivity index (χ4n) is 1.71. The Balaban J connectivity index is 0.000000845. The molecule has 0 radical (unpaired) electrons. The van der Waals surface area contributed by atoms with Crippen LogP contribution < -0.4 is 5.32 Å². The third-order valence-corrected chi connectivity index (χ3v) is 2.69. The van der Waals surface area contributed by atoms with Gasteiger partial charge in [-0.25, -0.2) is 0 Å². The highest BCUT2D eigenvalue weighted by atomic mass is 35.5. The average Bonchev–Trinajstić information content (AvgIpc) is 2.57. The molecule has 1 aromatic rings. The lowest BCUT2D eigenvalue weighted by molar-refractivity contribution is 0.648. The zero-order valence-electron chi connectivity index (χ0n) is 7.29. The summed E-state index contributed by atoms with van der Waals surface area (Å²) in [5.41, 5.74) is 1.25. The van der Waals surface area contributed by atoms with Crippen molar-refractivity contribution in [2.24, 2.45) is 0 Å². The molecule has 1 heterocycles. The summed E-state index contributed by atoms with van der Waals surface area (Å²) in [5, 5.41) is 4.32. The van der Waals surface area contributed by atoms with Gasteiger partial charge in [-0.05, 0) is 31.0 Å². The largest absolute Gasteiger partial charge is 0.310 e. The number of hydrogen-bond acceptors (Lipinski definition) is 1. The van der Waals surface area contributed by atoms with E-state index in [0.29, 0.717) is 6.04 Å². The summed E-state index contributed by atoms with van der Waals surface area (Å²) >= 11 is 6.06. The van der Waals surface area contributed by atoms with Crippen LogP contribution in [0.3, 0.4) is 0 Å². The van der Waals surface area contributed by atoms with Crippen molar-refractivity contribution < 1.29 is 0 Å². The molecule has 1 aromatic carbocycles. The first-order chi connectivity index (χ1) is 5.88. The Morgan fingerprint density at radius 3 is 2.69 bits per heavy atom. The van der Waals surface area contributed by atoms with Crippen molar-refractivity contribution in [2.75, 3.05) is 6.54 Å². The number of nitrogens with one attached hydrogen (secondary N) is 1. The van der Waals surface area contributed by atoms with Gasteiger partial charge in [0.05, 0.1) is 0 Å². The number of hydrogen-bond donors (Lipinski definition) is 1. The Kier molecular flexibility index (Phi) is 4.04. The van der Waals surface area contributed by atoms with Gasteiger partial charge in [-0.2, -0.15) is 0 Å². The van der Waals surface area contributed by atoms with Crippen molar-refractivity contribution >= 4 is 24.0 Å². The Labute approximate surface area is 89.9 Å². The van der Waals surface area contributed by atoms with Gasteiger partial charge in [0.15, 0.2) is 0 Å². The van der Waals surface area contributed by atoms with E-state index >= 15 is 0 Å². The van der Waals surface area contributed by atoms with Crippen LogP contribution in [0.4, 0.5) is 0 Å². The maximum absolute atomic E-state index is 6.06. The molecule has 0 aromatic heterocycles. The van der Waals surface area contributed by atoms with Crippen LogP contribution in [0.25, 0.3) is 0 Å². The molecule has 1 nitrogen and oxygen atoms in total. The quantitative estimate of drug-likeness (QED) is 0.763. The van der Waals surface area contributed by atoms with Crippen molar-refractivity contribution in [2.45, 2.75) is 18.9 Å². The topological polar surface area (TPSA) is 12.0 Å². The van der Waals surface area contributed by atoms with Crippen LogP contribution in [0.15, 0.2) is 24.3 Å². The molecule has 0 bridgehead atoms. The highest BCUT2D eigenvalue weighted by molar-refractivity contribution is 6.31. The molecule has 72 valence electrons. The predicted molar refractivity (Wildman–Crippen MR) is 58.7 cm³/mol. The maximum atomic E-state index is 6.06. The number of rotatable bonds is 1. The van der Waals surface area contributed by atoms with Crippen LogP contribution in [0, 0.1) is 0 Å². The summed E-state index contributed by atoms with van der Waals surface area (Å²) in [4.78, 5) is 0. The molecule has 3 heteroatoms. The molecule has 0 spiro atoms. The van der Waals surface area contributed by atoms with E-state index < -0.39 is 0 Å². The molecule has 0 amide bonds. The minimum Gasteiger partial charge on any atom is -0.310 e. The van der Waals surface area contributed by atoms with Crippen LogP contribution in [-0.2, 0) is 0 Å². The molecule has 1 saturated heterocycles. The summed E-state index contributed by atoms with van der Waals surface area (Å²) in [6, 6.07) is 8.56. The van der Waals surface area contributed by atoms with Crippen molar-refractivity contribution in [3.8, 4) is 0 Å². The Morgan fingerprint density at radius 2 is 2.08 bits per heavy atom. The average molecular weight is 218 g/mol. The third kappa shape index (κ3) is 2.37. The zero-order chi connectivity index (χ0) is 8.39. The summed E-state index contributed by atoms with van der Waals surface area (Å²) in [6.45, 7) is 1.12. The van der Waals surface area contributed by atoms with Gasteiger partial charge in [-0.1, -0.05) is 29.8 Å². The molecule has 1 aliphatic rings. The van der Waals surface area contributed by atoms with Gasteiger partial charge in [0.25, 0.3) is 0 Å². The van der Waals surface area contributed by atoms with Gasteiger partial charge in [0.1, 0.15) is 0 Å². The second-order valence-corrected chi connectivity index (χ2v) is 3.58. The Morgan fingerprint density at radius 1 is 1.31 bits per heavy atom. The Hall–Kier alpha value is -0.240. The van der Waals surface area contributed by atoms with Crippen molar-refractivity contribution in [1.82, 2.24) is 5.32 Å². The SMILES string of the molecule is Cl.Clc1ccccc1C1CCCN1. The van der Waals surface area contributed by atoms with Crippen LogP contribution in [0.5, 0.6) is 0 Å². The van der Waals surface area contributed by atoms with E-state index in [1.165, 1.54) is 18.4 Å². The van der Waals surface area contributed by atoms with Gasteiger partial charge in [-0.15, -0.1) is 12.4 Å². The monoisotopic (exact) mass is 217 g/mol. The van der Waals surface area contributed by atoms with Crippen molar-refractivity contribution in [3.63, 3.8) is 0 Å². The van der Waals surface area contributed by atoms with E-state index in [1.54, 1.807) is 0 Å². The van der Waals surface area contributed by atoms with E-state index in [4.69, 9.17) is 11.6 Å². The molecular formula is C10H13Cl2N. The second kappa shape index (κ2) is 4.85. The van der Waals surface area contributed by atoms with E-state index in [0.717, 1.165) is 11.6 Å². The van der Waals surface area contributed by atoms with E-state index in [9.17, 15) is 0 Å². The molecule has 1 fully saturated rings. The standard InChI is InChI=1S/C10H12ClN.ClH/c11-9-5-2-1-4-8(9)10-6-3-7-12-10;/h1-2,4-5,10,12H,3,6-7H2;1H. The highest BCUT2D eigenvalue weighted by Crippen LogP contribution is 2.28. The molecule has 0 saturated carbocycles. The fraction of sp³-hybridized carbons (Fsp3) is 0.400. The first-order valence-electron chi connectivity index (χ1n) is 4.36. The van der Waals surface area contributed by atoms with Crippen LogP contribution >= 0.6 is 24.0 Å². The molecule has 1 N–H and O–H groups in total. The third-order valence-electron chi connectivity index (χ3n) is 2.34. The summed E-state index contributed by atoms with van der Waals surface area (Å²) in [5.74, 6) is 0. The molecule has 2 rings (SSSR count). The lowest BCUT2D eigenvalue weighted by Gasteiger charge is -2.11. The highest BCUT2D eigenvalue weighted by Gasteiger charge is 2.17. The molecule has 13 heavy (non-hydrogen) atoms. The minimum absolute atomic E-state index is 0. The van der Waals surface area contributed by atoms with Gasteiger partial charge in [0, 0.05) is 11.1 Å². The van der Waals surface area contributed by atoms with Gasteiger partial charge < -0.3 is 5.32 Å². The molecule has 1 unspecified atom stereocenters. The van der Waals surface area contributed by atoms with Crippen molar-refractivity contribution in [1.29, 1.82) is 0 Å². The molecular weight excluding hydrogens is 205 g/mol. The Bertz CT molecular complexity index is 269. The van der Waals surface area contributed by atoms with Gasteiger partial charge >= 0.3 is 0 Å². The number of halogens is 2. The van der Waals surface area contributed by atoms with Gasteiger partial charge in [0.2, 0.25) is 0 Å². The summed E-state index contributed by atoms with van der Waals surface area (Å²) in [7, 11) is 0. The first kappa shape index (κ1) is 10.8. The first-order valence-corrected chi connectivity index (χ1v) is 4.73. The molecule has 1 aliphatic heterocycles. The summed E-state index contributed by atoms with van der Waals surface area (Å²) in [6.07, 6.45) is 2.47. The van der Waals surface area contributed by atoms with Crippen LogP contribution in [-0.4, -0.2) is 6.54 Å². The smallest absolute Gasteiger partial charge is 0.0453 e. The van der Waals surface area contributed by atoms with E-state index in [-0.39, 0.29) is 12.4 Å². The molecule has 1 atom stereocenters. The zero-order valence-corrected chi connectivity index (χ0v) is 8.87. The lowest BCUT2D eigenvalue weighted by Crippen LogP contribution is -2.12. The van der Waals surface area contributed by atoms with E-state index in [1.807, 2.05) is 18.2 Å². The van der Waals surface area contributed by atoms with Gasteiger partial charge in [-0.3, -0.25) is 0 Å². The fourth-order valence-corrected chi connectivity index (χ4v) is 1.98.